The Morgan fingerprint density at radius 3 is 2.79 bits per heavy atom. The molecule has 2 aromatic rings. The van der Waals surface area contributed by atoms with Crippen LogP contribution in [0.4, 0.5) is 4.39 Å². The lowest BCUT2D eigenvalue weighted by Crippen LogP contribution is -2.50. The first-order valence-electron chi connectivity index (χ1n) is 7.53. The summed E-state index contributed by atoms with van der Waals surface area (Å²) >= 11 is 0. The van der Waals surface area contributed by atoms with Crippen molar-refractivity contribution in [2.75, 3.05) is 26.2 Å². The molecule has 1 N–H and O–H groups in total. The predicted molar refractivity (Wildman–Crippen MR) is 90.7 cm³/mol. The summed E-state index contributed by atoms with van der Waals surface area (Å²) in [6, 6.07) is 9.81. The van der Waals surface area contributed by atoms with Crippen LogP contribution in [0.1, 0.15) is 11.6 Å². The fraction of sp³-hybridized carbons (Fsp3) is 0.294. The normalized spacial score (nSPS) is 17.0. The molecule has 0 radical (unpaired) electrons. The molecule has 1 fully saturated rings. The molecule has 0 spiro atoms. The number of hydrogen-bond acceptors (Lipinski definition) is 4. The van der Waals surface area contributed by atoms with Crippen molar-refractivity contribution in [3.05, 3.63) is 60.2 Å². The maximum Gasteiger partial charge on any atom is 0.261 e. The number of halogens is 2. The average molecular weight is 352 g/mol. The summed E-state index contributed by atoms with van der Waals surface area (Å²) in [4.78, 5) is 18.3. The molecular formula is C17H19ClFN3O2. The number of nitrogens with zero attached hydrogens (tertiary/aromatic N) is 2. The summed E-state index contributed by atoms with van der Waals surface area (Å²) in [5.41, 5.74) is 1.02. The van der Waals surface area contributed by atoms with Gasteiger partial charge in [-0.15, -0.1) is 12.4 Å². The second-order valence-electron chi connectivity index (χ2n) is 5.31. The summed E-state index contributed by atoms with van der Waals surface area (Å²) in [7, 11) is 0. The largest absolute Gasteiger partial charge is 0.481 e. The van der Waals surface area contributed by atoms with E-state index in [-0.39, 0.29) is 36.7 Å². The SMILES string of the molecule is Cl.O=C(COc1ccccc1F)N1CCNCC1c1ccncc1. The van der Waals surface area contributed by atoms with Gasteiger partial charge in [-0.25, -0.2) is 4.39 Å². The minimum atomic E-state index is -0.466. The van der Waals surface area contributed by atoms with E-state index in [2.05, 4.69) is 10.3 Å². The number of ether oxygens (including phenoxy) is 1. The predicted octanol–water partition coefficient (Wildman–Crippen LogP) is 2.19. The second kappa shape index (κ2) is 8.61. The summed E-state index contributed by atoms with van der Waals surface area (Å²) in [6.45, 7) is 1.82. The Bertz CT molecular complexity index is 672. The van der Waals surface area contributed by atoms with Crippen LogP contribution in [0.2, 0.25) is 0 Å². The number of carbonyl (C=O) groups excluding carboxylic acids is 1. The van der Waals surface area contributed by atoms with Crippen LogP contribution in [0, 0.1) is 5.82 Å². The van der Waals surface area contributed by atoms with Crippen LogP contribution in [0.25, 0.3) is 0 Å². The van der Waals surface area contributed by atoms with E-state index in [1.165, 1.54) is 12.1 Å². The van der Waals surface area contributed by atoms with Gasteiger partial charge in [0.05, 0.1) is 6.04 Å². The van der Waals surface area contributed by atoms with Crippen LogP contribution in [0.15, 0.2) is 48.8 Å². The maximum absolute atomic E-state index is 13.6. The van der Waals surface area contributed by atoms with Crippen LogP contribution in [-0.4, -0.2) is 42.0 Å². The third kappa shape index (κ3) is 4.21. The van der Waals surface area contributed by atoms with Crippen LogP contribution < -0.4 is 10.1 Å². The fourth-order valence-electron chi connectivity index (χ4n) is 2.67. The zero-order chi connectivity index (χ0) is 16.1. The van der Waals surface area contributed by atoms with Crippen molar-refractivity contribution in [2.24, 2.45) is 0 Å². The van der Waals surface area contributed by atoms with Crippen molar-refractivity contribution in [2.45, 2.75) is 6.04 Å². The number of pyridine rings is 1. The Morgan fingerprint density at radius 2 is 2.04 bits per heavy atom. The topological polar surface area (TPSA) is 54.5 Å². The van der Waals surface area contributed by atoms with Gasteiger partial charge in [0.25, 0.3) is 5.91 Å². The molecule has 1 saturated heterocycles. The van der Waals surface area contributed by atoms with Crippen LogP contribution in [0.3, 0.4) is 0 Å². The summed E-state index contributed by atoms with van der Waals surface area (Å²) in [6.07, 6.45) is 3.42. The van der Waals surface area contributed by atoms with E-state index in [1.54, 1.807) is 29.4 Å². The van der Waals surface area contributed by atoms with Crippen LogP contribution in [0.5, 0.6) is 5.75 Å². The van der Waals surface area contributed by atoms with Crippen LogP contribution >= 0.6 is 12.4 Å². The van der Waals surface area contributed by atoms with E-state index in [0.717, 1.165) is 12.1 Å². The third-order valence-corrected chi connectivity index (χ3v) is 3.84. The van der Waals surface area contributed by atoms with Crippen LogP contribution in [-0.2, 0) is 4.79 Å². The smallest absolute Gasteiger partial charge is 0.261 e. The van der Waals surface area contributed by atoms with Gasteiger partial charge in [0.15, 0.2) is 18.2 Å². The number of amides is 1. The van der Waals surface area contributed by atoms with Gasteiger partial charge >= 0.3 is 0 Å². The lowest BCUT2D eigenvalue weighted by Gasteiger charge is -2.36. The first-order valence-corrected chi connectivity index (χ1v) is 7.53. The van der Waals surface area contributed by atoms with Crippen molar-refractivity contribution < 1.29 is 13.9 Å². The number of nitrogens with one attached hydrogen (secondary N) is 1. The minimum absolute atomic E-state index is 0. The summed E-state index contributed by atoms with van der Waals surface area (Å²) in [5.74, 6) is -0.528. The van der Waals surface area contributed by atoms with Gasteiger partial charge in [-0.3, -0.25) is 9.78 Å². The third-order valence-electron chi connectivity index (χ3n) is 3.84. The van der Waals surface area contributed by atoms with Gasteiger partial charge in [-0.1, -0.05) is 12.1 Å². The summed E-state index contributed by atoms with van der Waals surface area (Å²) < 4.78 is 18.9. The van der Waals surface area contributed by atoms with Gasteiger partial charge in [0, 0.05) is 32.0 Å². The summed E-state index contributed by atoms with van der Waals surface area (Å²) in [5, 5.41) is 3.29. The van der Waals surface area contributed by atoms with E-state index in [9.17, 15) is 9.18 Å². The molecule has 24 heavy (non-hydrogen) atoms. The first-order chi connectivity index (χ1) is 11.3. The van der Waals surface area contributed by atoms with Gasteiger partial charge in [-0.05, 0) is 29.8 Å². The molecule has 128 valence electrons. The Labute approximate surface area is 146 Å². The van der Waals surface area contributed by atoms with E-state index in [1.807, 2.05) is 12.1 Å². The highest BCUT2D eigenvalue weighted by atomic mass is 35.5. The number of piperazine rings is 1. The van der Waals surface area contributed by atoms with E-state index >= 15 is 0 Å². The van der Waals surface area contributed by atoms with Gasteiger partial charge < -0.3 is 15.0 Å². The first kappa shape index (κ1) is 18.2. The van der Waals surface area contributed by atoms with Gasteiger partial charge in [0.2, 0.25) is 0 Å². The van der Waals surface area contributed by atoms with Crippen molar-refractivity contribution in [1.29, 1.82) is 0 Å². The molecular weight excluding hydrogens is 333 g/mol. The quantitative estimate of drug-likeness (QED) is 0.917. The zero-order valence-corrected chi connectivity index (χ0v) is 13.8. The van der Waals surface area contributed by atoms with E-state index in [0.29, 0.717) is 13.1 Å². The number of carbonyl (C=O) groups is 1. The molecule has 0 bridgehead atoms. The lowest BCUT2D eigenvalue weighted by molar-refractivity contribution is -0.136. The van der Waals surface area contributed by atoms with E-state index < -0.39 is 5.82 Å². The number of hydrogen-bond donors (Lipinski definition) is 1. The highest BCUT2D eigenvalue weighted by Gasteiger charge is 2.28. The molecule has 1 atom stereocenters. The highest BCUT2D eigenvalue weighted by molar-refractivity contribution is 5.85. The Balaban J connectivity index is 0.00000208. The van der Waals surface area contributed by atoms with Gasteiger partial charge in [-0.2, -0.15) is 0 Å². The maximum atomic E-state index is 13.6. The van der Waals surface area contributed by atoms with Crippen molar-refractivity contribution in [3.63, 3.8) is 0 Å². The molecule has 3 rings (SSSR count). The number of benzene rings is 1. The average Bonchev–Trinajstić information content (AvgIpc) is 2.61. The van der Waals surface area contributed by atoms with Crippen molar-refractivity contribution in [3.8, 4) is 5.75 Å². The standard InChI is InChI=1S/C17H18FN3O2.ClH/c18-14-3-1-2-4-16(14)23-12-17(22)21-10-9-20-11-15(21)13-5-7-19-8-6-13;/h1-8,15,20H,9-12H2;1H. The molecule has 0 aliphatic carbocycles. The molecule has 1 amide bonds. The minimum Gasteiger partial charge on any atom is -0.481 e. The zero-order valence-electron chi connectivity index (χ0n) is 13.0. The molecule has 0 saturated carbocycles. The molecule has 5 nitrogen and oxygen atoms in total. The number of rotatable bonds is 4. The van der Waals surface area contributed by atoms with Gasteiger partial charge in [0.1, 0.15) is 0 Å². The molecule has 7 heteroatoms. The molecule has 1 unspecified atom stereocenters. The molecule has 1 aromatic carbocycles. The highest BCUT2D eigenvalue weighted by Crippen LogP contribution is 2.22. The Hall–Kier alpha value is -2.18. The fourth-order valence-corrected chi connectivity index (χ4v) is 2.67. The Morgan fingerprint density at radius 1 is 1.29 bits per heavy atom. The molecule has 1 aliphatic rings. The number of para-hydroxylation sites is 1. The Kier molecular flexibility index (Phi) is 6.52. The van der Waals surface area contributed by atoms with E-state index in [4.69, 9.17) is 4.74 Å². The number of aromatic nitrogens is 1. The monoisotopic (exact) mass is 351 g/mol. The molecule has 1 aromatic heterocycles. The van der Waals surface area contributed by atoms with Crippen molar-refractivity contribution in [1.82, 2.24) is 15.2 Å². The molecule has 2 heterocycles. The van der Waals surface area contributed by atoms with Crippen molar-refractivity contribution >= 4 is 18.3 Å². The lowest BCUT2D eigenvalue weighted by atomic mass is 10.0. The molecule has 1 aliphatic heterocycles. The second-order valence-corrected chi connectivity index (χ2v) is 5.31.